The number of hydrogen-bond acceptors (Lipinski definition) is 4. The third-order valence-corrected chi connectivity index (χ3v) is 4.58. The lowest BCUT2D eigenvalue weighted by Gasteiger charge is -2.11. The molecule has 1 aromatic rings. The molecule has 3 N–H and O–H groups in total. The van der Waals surface area contributed by atoms with Crippen molar-refractivity contribution in [1.82, 2.24) is 4.72 Å². The summed E-state index contributed by atoms with van der Waals surface area (Å²) in [6, 6.07) is 4.34. The van der Waals surface area contributed by atoms with E-state index in [1.807, 2.05) is 0 Å². The maximum absolute atomic E-state index is 12.0. The number of halogens is 1. The van der Waals surface area contributed by atoms with E-state index in [1.165, 1.54) is 18.2 Å². The molecule has 0 saturated carbocycles. The van der Waals surface area contributed by atoms with Crippen molar-refractivity contribution in [3.05, 3.63) is 23.2 Å². The van der Waals surface area contributed by atoms with Crippen LogP contribution >= 0.6 is 11.6 Å². The molecule has 0 spiro atoms. The summed E-state index contributed by atoms with van der Waals surface area (Å²) in [4.78, 5) is 0.0609. The predicted octanol–water partition coefficient (Wildman–Crippen LogP) is 1.24. The number of rotatable bonds is 4. The SMILES string of the molecule is Nc1cc(Cl)ccc1S(=O)(=O)NCC1CCOC1. The van der Waals surface area contributed by atoms with Gasteiger partial charge in [0.05, 0.1) is 12.3 Å². The van der Waals surface area contributed by atoms with Gasteiger partial charge in [0.25, 0.3) is 0 Å². The smallest absolute Gasteiger partial charge is 0.242 e. The van der Waals surface area contributed by atoms with Gasteiger partial charge in [-0.25, -0.2) is 13.1 Å². The normalized spacial score (nSPS) is 20.2. The van der Waals surface area contributed by atoms with Crippen molar-refractivity contribution in [1.29, 1.82) is 0 Å². The maximum atomic E-state index is 12.0. The summed E-state index contributed by atoms with van der Waals surface area (Å²) in [5, 5.41) is 0.413. The van der Waals surface area contributed by atoms with E-state index in [0.29, 0.717) is 24.8 Å². The van der Waals surface area contributed by atoms with E-state index in [9.17, 15) is 8.42 Å². The van der Waals surface area contributed by atoms with Crippen LogP contribution in [0.25, 0.3) is 0 Å². The standard InChI is InChI=1S/C11H15ClN2O3S/c12-9-1-2-11(10(13)5-9)18(15,16)14-6-8-3-4-17-7-8/h1-2,5,8,14H,3-4,6-7,13H2. The zero-order valence-electron chi connectivity index (χ0n) is 9.73. The van der Waals surface area contributed by atoms with Crippen LogP contribution in [0.2, 0.25) is 5.02 Å². The van der Waals surface area contributed by atoms with Crippen LogP contribution in [0, 0.1) is 5.92 Å². The Hall–Kier alpha value is -0.820. The molecule has 1 heterocycles. The van der Waals surface area contributed by atoms with Gasteiger partial charge in [-0.05, 0) is 30.5 Å². The van der Waals surface area contributed by atoms with Crippen molar-refractivity contribution >= 4 is 27.3 Å². The van der Waals surface area contributed by atoms with Gasteiger partial charge in [-0.1, -0.05) is 11.6 Å². The molecule has 1 atom stereocenters. The second-order valence-corrected chi connectivity index (χ2v) is 6.44. The number of nitrogens with one attached hydrogen (secondary N) is 1. The number of hydrogen-bond donors (Lipinski definition) is 2. The minimum absolute atomic E-state index is 0.0609. The Labute approximate surface area is 111 Å². The fourth-order valence-electron chi connectivity index (χ4n) is 1.81. The lowest BCUT2D eigenvalue weighted by Crippen LogP contribution is -2.30. The minimum atomic E-state index is -3.58. The highest BCUT2D eigenvalue weighted by Gasteiger charge is 2.21. The van der Waals surface area contributed by atoms with E-state index < -0.39 is 10.0 Å². The van der Waals surface area contributed by atoms with Gasteiger partial charge in [-0.15, -0.1) is 0 Å². The topological polar surface area (TPSA) is 81.4 Å². The summed E-state index contributed by atoms with van der Waals surface area (Å²) < 4.78 is 31.8. The van der Waals surface area contributed by atoms with Crippen molar-refractivity contribution in [2.24, 2.45) is 5.92 Å². The van der Waals surface area contributed by atoms with Crippen LogP contribution in [0.1, 0.15) is 6.42 Å². The molecule has 7 heteroatoms. The average molecular weight is 291 g/mol. The molecular formula is C11H15ClN2O3S. The molecule has 100 valence electrons. The summed E-state index contributed by atoms with van der Waals surface area (Å²) in [7, 11) is -3.58. The van der Waals surface area contributed by atoms with E-state index in [1.54, 1.807) is 0 Å². The predicted molar refractivity (Wildman–Crippen MR) is 70.0 cm³/mol. The Morgan fingerprint density at radius 1 is 1.50 bits per heavy atom. The highest BCUT2D eigenvalue weighted by molar-refractivity contribution is 7.89. The Kier molecular flexibility index (Phi) is 4.11. The molecule has 18 heavy (non-hydrogen) atoms. The van der Waals surface area contributed by atoms with Gasteiger partial charge in [0.1, 0.15) is 4.90 Å². The number of benzene rings is 1. The highest BCUT2D eigenvalue weighted by atomic mass is 35.5. The number of anilines is 1. The van der Waals surface area contributed by atoms with Crippen LogP contribution in [0.15, 0.2) is 23.1 Å². The molecule has 0 aromatic heterocycles. The molecule has 2 rings (SSSR count). The molecule has 1 fully saturated rings. The van der Waals surface area contributed by atoms with Crippen molar-refractivity contribution in [3.63, 3.8) is 0 Å². The molecule has 1 aliphatic heterocycles. The molecular weight excluding hydrogens is 276 g/mol. The van der Waals surface area contributed by atoms with Gasteiger partial charge in [-0.2, -0.15) is 0 Å². The molecule has 0 amide bonds. The van der Waals surface area contributed by atoms with E-state index in [-0.39, 0.29) is 16.5 Å². The van der Waals surface area contributed by atoms with Crippen LogP contribution < -0.4 is 10.5 Å². The molecule has 1 unspecified atom stereocenters. The summed E-state index contributed by atoms with van der Waals surface area (Å²) in [6.07, 6.45) is 0.874. The maximum Gasteiger partial charge on any atom is 0.242 e. The first kappa shape index (κ1) is 13.6. The fourth-order valence-corrected chi connectivity index (χ4v) is 3.22. The fraction of sp³-hybridized carbons (Fsp3) is 0.455. The zero-order chi connectivity index (χ0) is 13.2. The number of nitrogens with two attached hydrogens (primary N) is 1. The summed E-state index contributed by atoms with van der Waals surface area (Å²) in [5.41, 5.74) is 5.81. The monoisotopic (exact) mass is 290 g/mol. The van der Waals surface area contributed by atoms with Crippen LogP contribution in [0.3, 0.4) is 0 Å². The Bertz CT molecular complexity index is 527. The van der Waals surface area contributed by atoms with Crippen molar-refractivity contribution in [2.45, 2.75) is 11.3 Å². The largest absolute Gasteiger partial charge is 0.398 e. The molecule has 1 saturated heterocycles. The number of sulfonamides is 1. The van der Waals surface area contributed by atoms with Crippen LogP contribution in [0.5, 0.6) is 0 Å². The van der Waals surface area contributed by atoms with Crippen molar-refractivity contribution < 1.29 is 13.2 Å². The van der Waals surface area contributed by atoms with E-state index >= 15 is 0 Å². The molecule has 5 nitrogen and oxygen atoms in total. The van der Waals surface area contributed by atoms with E-state index in [2.05, 4.69) is 4.72 Å². The molecule has 1 aliphatic rings. The average Bonchev–Trinajstić information content (AvgIpc) is 2.78. The van der Waals surface area contributed by atoms with Crippen LogP contribution in [0.4, 0.5) is 5.69 Å². The van der Waals surface area contributed by atoms with Gasteiger partial charge in [0.2, 0.25) is 10.0 Å². The van der Waals surface area contributed by atoms with Crippen LogP contribution in [-0.2, 0) is 14.8 Å². The highest BCUT2D eigenvalue weighted by Crippen LogP contribution is 2.22. The molecule has 0 radical (unpaired) electrons. The van der Waals surface area contributed by atoms with Gasteiger partial charge >= 0.3 is 0 Å². The third kappa shape index (κ3) is 3.14. The number of nitrogen functional groups attached to an aromatic ring is 1. The molecule has 0 aliphatic carbocycles. The minimum Gasteiger partial charge on any atom is -0.398 e. The zero-order valence-corrected chi connectivity index (χ0v) is 11.3. The summed E-state index contributed by atoms with van der Waals surface area (Å²) >= 11 is 5.74. The summed E-state index contributed by atoms with van der Waals surface area (Å²) in [5.74, 6) is 0.230. The van der Waals surface area contributed by atoms with Gasteiger partial charge in [0, 0.05) is 18.2 Å². The quantitative estimate of drug-likeness (QED) is 0.818. The first-order chi connectivity index (χ1) is 8.49. The van der Waals surface area contributed by atoms with E-state index in [0.717, 1.165) is 6.42 Å². The lowest BCUT2D eigenvalue weighted by molar-refractivity contribution is 0.186. The first-order valence-corrected chi connectivity index (χ1v) is 7.47. The Balaban J connectivity index is 2.09. The first-order valence-electron chi connectivity index (χ1n) is 5.61. The Morgan fingerprint density at radius 3 is 2.89 bits per heavy atom. The second kappa shape index (κ2) is 5.44. The lowest BCUT2D eigenvalue weighted by atomic mass is 10.1. The molecule has 0 bridgehead atoms. The van der Waals surface area contributed by atoms with Gasteiger partial charge < -0.3 is 10.5 Å². The Morgan fingerprint density at radius 2 is 2.28 bits per heavy atom. The van der Waals surface area contributed by atoms with E-state index in [4.69, 9.17) is 22.1 Å². The third-order valence-electron chi connectivity index (χ3n) is 2.85. The summed E-state index contributed by atoms with van der Waals surface area (Å²) in [6.45, 7) is 1.65. The van der Waals surface area contributed by atoms with Gasteiger partial charge in [0.15, 0.2) is 0 Å². The second-order valence-electron chi connectivity index (χ2n) is 4.26. The molecule has 1 aromatic carbocycles. The van der Waals surface area contributed by atoms with Crippen molar-refractivity contribution in [3.8, 4) is 0 Å². The van der Waals surface area contributed by atoms with Crippen LogP contribution in [-0.4, -0.2) is 28.2 Å². The van der Waals surface area contributed by atoms with Crippen molar-refractivity contribution in [2.75, 3.05) is 25.5 Å². The van der Waals surface area contributed by atoms with Gasteiger partial charge in [-0.3, -0.25) is 0 Å². The number of ether oxygens (including phenoxy) is 1.